The summed E-state index contributed by atoms with van der Waals surface area (Å²) in [7, 11) is 1.65. The van der Waals surface area contributed by atoms with Crippen molar-refractivity contribution in [2.75, 3.05) is 40.0 Å². The Morgan fingerprint density at radius 3 is 2.86 bits per heavy atom. The van der Waals surface area contributed by atoms with E-state index in [1.54, 1.807) is 7.11 Å². The number of nitrogens with zero attached hydrogens (tertiary/aromatic N) is 2. The number of likely N-dealkylation sites (tertiary alicyclic amines) is 1. The van der Waals surface area contributed by atoms with Gasteiger partial charge in [-0.05, 0) is 31.4 Å². The van der Waals surface area contributed by atoms with Gasteiger partial charge >= 0.3 is 0 Å². The molecule has 29 heavy (non-hydrogen) atoms. The number of ether oxygens (including phenoxy) is 2. The number of carbonyl (C=O) groups is 1. The molecular formula is C22H30N2O5. The van der Waals surface area contributed by atoms with E-state index in [1.807, 2.05) is 29.2 Å². The summed E-state index contributed by atoms with van der Waals surface area (Å²) in [5.41, 5.74) is 1.33. The zero-order valence-electron chi connectivity index (χ0n) is 17.0. The first-order valence-electron chi connectivity index (χ1n) is 10.5. The van der Waals surface area contributed by atoms with Gasteiger partial charge in [-0.2, -0.15) is 0 Å². The molecule has 3 aliphatic heterocycles. The van der Waals surface area contributed by atoms with Gasteiger partial charge in [0.1, 0.15) is 11.9 Å². The molecule has 0 radical (unpaired) electrons. The van der Waals surface area contributed by atoms with Crippen molar-refractivity contribution in [1.82, 2.24) is 4.90 Å². The molecule has 1 amide bonds. The average Bonchev–Trinajstić information content (AvgIpc) is 3.43. The van der Waals surface area contributed by atoms with Crippen LogP contribution in [0.2, 0.25) is 0 Å². The fraction of sp³-hybridized carbons (Fsp3) is 0.636. The summed E-state index contributed by atoms with van der Waals surface area (Å²) >= 11 is 0. The fourth-order valence-corrected chi connectivity index (χ4v) is 4.78. The monoisotopic (exact) mass is 402 g/mol. The number of benzene rings is 1. The molecular weight excluding hydrogens is 372 g/mol. The molecule has 158 valence electrons. The van der Waals surface area contributed by atoms with Crippen LogP contribution in [0.3, 0.4) is 0 Å². The molecule has 0 saturated carbocycles. The number of hydrogen-bond donors (Lipinski definition) is 1. The molecule has 1 N–H and O–H groups in total. The van der Waals surface area contributed by atoms with Crippen molar-refractivity contribution in [3.63, 3.8) is 0 Å². The lowest BCUT2D eigenvalue weighted by molar-refractivity contribution is -0.150. The molecule has 0 unspecified atom stereocenters. The van der Waals surface area contributed by atoms with E-state index >= 15 is 0 Å². The normalized spacial score (nSPS) is 26.1. The van der Waals surface area contributed by atoms with Gasteiger partial charge in [-0.1, -0.05) is 17.3 Å². The number of carbonyl (C=O) groups excluding carboxylic acids is 1. The lowest BCUT2D eigenvalue weighted by Gasteiger charge is -2.39. The van der Waals surface area contributed by atoms with E-state index in [1.165, 1.54) is 0 Å². The third kappa shape index (κ3) is 4.12. The van der Waals surface area contributed by atoms with Crippen LogP contribution in [0.25, 0.3) is 0 Å². The molecule has 4 rings (SSSR count). The maximum absolute atomic E-state index is 13.5. The summed E-state index contributed by atoms with van der Waals surface area (Å²) in [6, 6.07) is 7.79. The maximum atomic E-state index is 13.5. The molecule has 1 aromatic rings. The van der Waals surface area contributed by atoms with Crippen molar-refractivity contribution in [1.29, 1.82) is 0 Å². The zero-order chi connectivity index (χ0) is 20.3. The Morgan fingerprint density at radius 2 is 2.14 bits per heavy atom. The second kappa shape index (κ2) is 8.71. The van der Waals surface area contributed by atoms with Gasteiger partial charge in [0.05, 0.1) is 18.2 Å². The van der Waals surface area contributed by atoms with E-state index in [0.29, 0.717) is 45.4 Å². The van der Waals surface area contributed by atoms with Gasteiger partial charge in [0.15, 0.2) is 0 Å². The number of amides is 1. The Labute approximate surface area is 171 Å². The molecule has 0 bridgehead atoms. The number of aliphatic hydroxyl groups excluding tert-OH is 1. The van der Waals surface area contributed by atoms with Crippen molar-refractivity contribution in [3.05, 3.63) is 29.8 Å². The molecule has 2 saturated heterocycles. The average molecular weight is 402 g/mol. The van der Waals surface area contributed by atoms with E-state index in [2.05, 4.69) is 5.16 Å². The Balaban J connectivity index is 1.46. The number of methoxy groups -OCH3 is 1. The van der Waals surface area contributed by atoms with Crippen LogP contribution in [0.4, 0.5) is 0 Å². The number of rotatable bonds is 6. The largest absolute Gasteiger partial charge is 0.496 e. The van der Waals surface area contributed by atoms with E-state index < -0.39 is 5.41 Å². The third-order valence-electron chi connectivity index (χ3n) is 6.50. The van der Waals surface area contributed by atoms with Crippen LogP contribution in [-0.4, -0.2) is 67.7 Å². The Kier molecular flexibility index (Phi) is 6.06. The highest BCUT2D eigenvalue weighted by Gasteiger charge is 2.46. The zero-order valence-corrected chi connectivity index (χ0v) is 17.0. The van der Waals surface area contributed by atoms with Crippen LogP contribution in [0.15, 0.2) is 29.4 Å². The fourth-order valence-electron chi connectivity index (χ4n) is 4.78. The quantitative estimate of drug-likeness (QED) is 0.789. The summed E-state index contributed by atoms with van der Waals surface area (Å²) in [6.45, 7) is 2.70. The summed E-state index contributed by atoms with van der Waals surface area (Å²) in [4.78, 5) is 21.2. The van der Waals surface area contributed by atoms with Crippen LogP contribution in [-0.2, 0) is 14.4 Å². The van der Waals surface area contributed by atoms with Crippen molar-refractivity contribution in [2.24, 2.45) is 16.5 Å². The maximum Gasteiger partial charge on any atom is 0.229 e. The van der Waals surface area contributed by atoms with Crippen LogP contribution in [0.1, 0.15) is 37.7 Å². The second-order valence-electron chi connectivity index (χ2n) is 8.36. The van der Waals surface area contributed by atoms with Crippen molar-refractivity contribution >= 4 is 11.6 Å². The molecule has 7 heteroatoms. The van der Waals surface area contributed by atoms with Crippen LogP contribution in [0, 0.1) is 11.3 Å². The Bertz CT molecular complexity index is 759. The first-order valence-corrected chi connectivity index (χ1v) is 10.5. The molecule has 3 heterocycles. The minimum atomic E-state index is -0.473. The molecule has 7 nitrogen and oxygen atoms in total. The third-order valence-corrected chi connectivity index (χ3v) is 6.50. The van der Waals surface area contributed by atoms with Crippen LogP contribution in [0.5, 0.6) is 5.75 Å². The van der Waals surface area contributed by atoms with Gasteiger partial charge < -0.3 is 24.3 Å². The van der Waals surface area contributed by atoms with Gasteiger partial charge in [0.25, 0.3) is 0 Å². The van der Waals surface area contributed by atoms with Gasteiger partial charge in [-0.15, -0.1) is 0 Å². The Morgan fingerprint density at radius 1 is 1.34 bits per heavy atom. The van der Waals surface area contributed by atoms with Crippen molar-refractivity contribution in [2.45, 2.75) is 38.2 Å². The lowest BCUT2D eigenvalue weighted by Crippen LogP contribution is -2.48. The highest BCUT2D eigenvalue weighted by atomic mass is 16.6. The minimum Gasteiger partial charge on any atom is -0.496 e. The first-order chi connectivity index (χ1) is 14.1. The number of oxime groups is 1. The van der Waals surface area contributed by atoms with Crippen LogP contribution >= 0.6 is 0 Å². The summed E-state index contributed by atoms with van der Waals surface area (Å²) < 4.78 is 11.0. The van der Waals surface area contributed by atoms with Crippen LogP contribution < -0.4 is 4.74 Å². The molecule has 2 fully saturated rings. The minimum absolute atomic E-state index is 0.131. The second-order valence-corrected chi connectivity index (χ2v) is 8.36. The van der Waals surface area contributed by atoms with Gasteiger partial charge in [0, 0.05) is 57.2 Å². The molecule has 0 aliphatic carbocycles. The van der Waals surface area contributed by atoms with E-state index in [4.69, 9.17) is 14.3 Å². The molecule has 3 aliphatic rings. The number of aliphatic hydroxyl groups is 1. The van der Waals surface area contributed by atoms with Gasteiger partial charge in [0.2, 0.25) is 5.91 Å². The SMILES string of the molecule is COc1ccccc1C1=NO[C@@H](CC2(C(=O)N3CC[C@@H](CO)C3)CCOCC2)C1. The molecule has 0 spiro atoms. The lowest BCUT2D eigenvalue weighted by atomic mass is 9.73. The van der Waals surface area contributed by atoms with Crippen molar-refractivity contribution < 1.29 is 24.2 Å². The highest BCUT2D eigenvalue weighted by Crippen LogP contribution is 2.41. The van der Waals surface area contributed by atoms with Crippen molar-refractivity contribution in [3.8, 4) is 5.75 Å². The summed E-state index contributed by atoms with van der Waals surface area (Å²) in [6.07, 6.45) is 3.45. The standard InChI is InChI=1S/C22H30N2O5/c1-27-20-5-3-2-4-18(20)19-12-17(29-23-19)13-22(7-10-28-11-8-22)21(26)24-9-6-16(14-24)15-25/h2-5,16-17,25H,6-15H2,1H3/t16-,17-/m1/s1. The number of hydrogen-bond acceptors (Lipinski definition) is 6. The van der Waals surface area contributed by atoms with E-state index in [0.717, 1.165) is 30.0 Å². The Hall–Kier alpha value is -2.12. The van der Waals surface area contributed by atoms with E-state index in [-0.39, 0.29) is 24.5 Å². The molecule has 2 atom stereocenters. The summed E-state index contributed by atoms with van der Waals surface area (Å²) in [5, 5.41) is 13.8. The smallest absolute Gasteiger partial charge is 0.229 e. The predicted octanol–water partition coefficient (Wildman–Crippen LogP) is 2.22. The topological polar surface area (TPSA) is 80.6 Å². The van der Waals surface area contributed by atoms with Gasteiger partial charge in [-0.25, -0.2) is 0 Å². The first kappa shape index (κ1) is 20.2. The highest BCUT2D eigenvalue weighted by molar-refractivity contribution is 6.03. The van der Waals surface area contributed by atoms with E-state index in [9.17, 15) is 9.90 Å². The molecule has 0 aromatic heterocycles. The summed E-state index contributed by atoms with van der Waals surface area (Å²) in [5.74, 6) is 1.16. The van der Waals surface area contributed by atoms with Gasteiger partial charge in [-0.3, -0.25) is 4.79 Å². The molecule has 1 aromatic carbocycles. The number of para-hydroxylation sites is 1. The predicted molar refractivity (Wildman–Crippen MR) is 108 cm³/mol.